The molecular weight excluding hydrogens is 530 g/mol. The fraction of sp³-hybridized carbons (Fsp3) is 0.414. The third-order valence-corrected chi connectivity index (χ3v) is 8.71. The number of sulfone groups is 1. The van der Waals surface area contributed by atoms with E-state index in [4.69, 9.17) is 19.1 Å². The highest BCUT2D eigenvalue weighted by Gasteiger charge is 2.31. The fourth-order valence-electron chi connectivity index (χ4n) is 5.12. The molecule has 1 unspecified atom stereocenters. The van der Waals surface area contributed by atoms with E-state index in [2.05, 4.69) is 10.6 Å². The average Bonchev–Trinajstić information content (AvgIpc) is 3.64. The molecule has 0 bridgehead atoms. The van der Waals surface area contributed by atoms with E-state index in [-0.39, 0.29) is 22.9 Å². The topological polar surface area (TPSA) is 128 Å². The van der Waals surface area contributed by atoms with Crippen LogP contribution in [0.4, 0.5) is 17.2 Å². The number of ether oxygens (including phenoxy) is 1. The summed E-state index contributed by atoms with van der Waals surface area (Å²) in [5.41, 5.74) is 3.71. The highest BCUT2D eigenvalue weighted by molar-refractivity contribution is 7.90. The van der Waals surface area contributed by atoms with Gasteiger partial charge in [-0.2, -0.15) is 0 Å². The fourth-order valence-corrected chi connectivity index (χ4v) is 5.98. The first kappa shape index (κ1) is 26.5. The number of amides is 1. The predicted octanol–water partition coefficient (Wildman–Crippen LogP) is 5.81. The first-order valence-corrected chi connectivity index (χ1v) is 15.5. The van der Waals surface area contributed by atoms with Crippen LogP contribution >= 0.6 is 0 Å². The average molecular weight is 564 g/mol. The third-order valence-electron chi connectivity index (χ3n) is 7.57. The summed E-state index contributed by atoms with van der Waals surface area (Å²) in [5, 5.41) is 6.24. The second-order valence-corrected chi connectivity index (χ2v) is 12.8. The molecule has 1 atom stereocenters. The van der Waals surface area contributed by atoms with Gasteiger partial charge in [0.15, 0.2) is 15.5 Å². The van der Waals surface area contributed by atoms with Crippen LogP contribution in [0.15, 0.2) is 39.6 Å². The molecule has 0 radical (unpaired) electrons. The number of pyridine rings is 1. The summed E-state index contributed by atoms with van der Waals surface area (Å²) in [5.74, 6) is 2.42. The normalized spacial score (nSPS) is 17.8. The number of anilines is 3. The van der Waals surface area contributed by atoms with Crippen LogP contribution in [0.1, 0.15) is 55.5 Å². The Bertz CT molecular complexity index is 1710. The highest BCUT2D eigenvalue weighted by Crippen LogP contribution is 2.37. The van der Waals surface area contributed by atoms with Crippen molar-refractivity contribution in [2.75, 3.05) is 23.5 Å². The lowest BCUT2D eigenvalue weighted by atomic mass is 10.1. The van der Waals surface area contributed by atoms with Crippen LogP contribution in [0.25, 0.3) is 22.5 Å². The number of nitrogens with one attached hydrogen (secondary N) is 2. The highest BCUT2D eigenvalue weighted by atomic mass is 32.2. The van der Waals surface area contributed by atoms with Gasteiger partial charge in [0.1, 0.15) is 34.9 Å². The number of fused-ring (bicyclic) bond motifs is 1. The zero-order chi connectivity index (χ0) is 28.2. The van der Waals surface area contributed by atoms with Gasteiger partial charge in [-0.1, -0.05) is 0 Å². The van der Waals surface area contributed by atoms with E-state index < -0.39 is 9.84 Å². The van der Waals surface area contributed by atoms with Crippen LogP contribution in [0, 0.1) is 26.7 Å². The molecule has 210 valence electrons. The lowest BCUT2D eigenvalue weighted by Crippen LogP contribution is -2.20. The van der Waals surface area contributed by atoms with Crippen LogP contribution in [-0.4, -0.2) is 41.7 Å². The van der Waals surface area contributed by atoms with Crippen LogP contribution in [0.2, 0.25) is 0 Å². The van der Waals surface area contributed by atoms with Crippen LogP contribution < -0.4 is 10.6 Å². The molecule has 1 aliphatic carbocycles. The summed E-state index contributed by atoms with van der Waals surface area (Å²) < 4.78 is 39.8. The molecule has 1 aliphatic heterocycles. The monoisotopic (exact) mass is 563 g/mol. The van der Waals surface area contributed by atoms with E-state index >= 15 is 0 Å². The zero-order valence-corrected chi connectivity index (χ0v) is 23.9. The summed E-state index contributed by atoms with van der Waals surface area (Å²) in [6, 6.07) is 8.77. The molecule has 2 fully saturated rings. The maximum atomic E-state index is 12.9. The van der Waals surface area contributed by atoms with Crippen molar-refractivity contribution in [2.24, 2.45) is 5.92 Å². The molecule has 1 aromatic carbocycles. The lowest BCUT2D eigenvalue weighted by molar-refractivity contribution is -0.117. The van der Waals surface area contributed by atoms with E-state index in [9.17, 15) is 13.2 Å². The Morgan fingerprint density at radius 3 is 2.48 bits per heavy atom. The first-order chi connectivity index (χ1) is 19.1. The van der Waals surface area contributed by atoms with Crippen molar-refractivity contribution in [3.8, 4) is 11.3 Å². The standard InChI is InChI=1S/C29H33N5O5S/c1-16-13-23(39-17(16)2)20-10-11-21(24(14-20)40(4,36)37)31-22-15-25(33-29(35)19-8-9-19)32-28-27(22)30-18(3)34(28)26-7-5-6-12-38-26/h10-11,13-15,19,26H,5-9,12H2,1-4H3,(H2,31,32,33,35). The minimum absolute atomic E-state index is 0.000450. The molecule has 6 rings (SSSR count). The van der Waals surface area contributed by atoms with Crippen molar-refractivity contribution in [1.29, 1.82) is 0 Å². The largest absolute Gasteiger partial charge is 0.461 e. The number of benzene rings is 1. The molecule has 1 saturated heterocycles. The maximum Gasteiger partial charge on any atom is 0.228 e. The smallest absolute Gasteiger partial charge is 0.228 e. The Balaban J connectivity index is 1.46. The molecule has 10 nitrogen and oxygen atoms in total. The van der Waals surface area contributed by atoms with E-state index in [1.54, 1.807) is 18.2 Å². The van der Waals surface area contributed by atoms with Crippen LogP contribution in [0.3, 0.4) is 0 Å². The Hall–Kier alpha value is -3.70. The number of furan rings is 1. The number of aryl methyl sites for hydroxylation is 3. The molecule has 3 aromatic heterocycles. The van der Waals surface area contributed by atoms with Gasteiger partial charge in [0.05, 0.1) is 16.3 Å². The SMILES string of the molecule is Cc1cc(-c2ccc(Nc3cc(NC(=O)C4CC4)nc4c3nc(C)n4C3CCCCO3)c(S(C)(=O)=O)c2)oc1C. The number of imidazole rings is 1. The predicted molar refractivity (Wildman–Crippen MR) is 152 cm³/mol. The molecule has 1 saturated carbocycles. The van der Waals surface area contributed by atoms with Gasteiger partial charge in [0.2, 0.25) is 5.91 Å². The van der Waals surface area contributed by atoms with Gasteiger partial charge in [-0.25, -0.2) is 18.4 Å². The molecule has 0 spiro atoms. The molecule has 2 N–H and O–H groups in total. The molecule has 40 heavy (non-hydrogen) atoms. The number of rotatable bonds is 7. The Morgan fingerprint density at radius 1 is 1.02 bits per heavy atom. The number of hydrogen-bond acceptors (Lipinski definition) is 8. The van der Waals surface area contributed by atoms with Crippen molar-refractivity contribution >= 4 is 44.1 Å². The first-order valence-electron chi connectivity index (χ1n) is 13.6. The van der Waals surface area contributed by atoms with Gasteiger partial charge in [0, 0.05) is 30.4 Å². The molecule has 4 aromatic rings. The van der Waals surface area contributed by atoms with Crippen molar-refractivity contribution in [3.05, 3.63) is 47.5 Å². The number of hydrogen-bond donors (Lipinski definition) is 2. The van der Waals surface area contributed by atoms with Crippen molar-refractivity contribution in [2.45, 2.75) is 64.0 Å². The molecule has 1 amide bonds. The van der Waals surface area contributed by atoms with Crippen molar-refractivity contribution in [1.82, 2.24) is 14.5 Å². The number of nitrogens with zero attached hydrogens (tertiary/aromatic N) is 3. The van der Waals surface area contributed by atoms with E-state index in [0.29, 0.717) is 46.3 Å². The number of carbonyl (C=O) groups is 1. The van der Waals surface area contributed by atoms with Crippen molar-refractivity contribution < 1.29 is 22.4 Å². The van der Waals surface area contributed by atoms with Gasteiger partial charge >= 0.3 is 0 Å². The number of carbonyl (C=O) groups excluding carboxylic acids is 1. The summed E-state index contributed by atoms with van der Waals surface area (Å²) >= 11 is 0. The lowest BCUT2D eigenvalue weighted by Gasteiger charge is -2.25. The Morgan fingerprint density at radius 2 is 1.82 bits per heavy atom. The Labute approximate surface area is 233 Å². The maximum absolute atomic E-state index is 12.9. The summed E-state index contributed by atoms with van der Waals surface area (Å²) in [6.07, 6.45) is 5.58. The minimum atomic E-state index is -3.63. The summed E-state index contributed by atoms with van der Waals surface area (Å²) in [7, 11) is -3.63. The zero-order valence-electron chi connectivity index (χ0n) is 23.1. The van der Waals surface area contributed by atoms with E-state index in [1.807, 2.05) is 37.5 Å². The number of aromatic nitrogens is 3. The van der Waals surface area contributed by atoms with Crippen LogP contribution in [-0.2, 0) is 19.4 Å². The molecule has 2 aliphatic rings. The van der Waals surface area contributed by atoms with E-state index in [0.717, 1.165) is 49.3 Å². The van der Waals surface area contributed by atoms with Crippen molar-refractivity contribution in [3.63, 3.8) is 0 Å². The van der Waals surface area contributed by atoms with Gasteiger partial charge in [0.25, 0.3) is 0 Å². The summed E-state index contributed by atoms with van der Waals surface area (Å²) in [6.45, 7) is 6.38. The molecule has 11 heteroatoms. The Kier molecular flexibility index (Phi) is 6.66. The second kappa shape index (κ2) is 10.0. The van der Waals surface area contributed by atoms with Gasteiger partial charge < -0.3 is 19.8 Å². The second-order valence-electron chi connectivity index (χ2n) is 10.8. The molecular formula is C29H33N5O5S. The van der Waals surface area contributed by atoms with Crippen LogP contribution in [0.5, 0.6) is 0 Å². The van der Waals surface area contributed by atoms with Gasteiger partial charge in [-0.05, 0) is 82.7 Å². The quantitative estimate of drug-likeness (QED) is 0.288. The molecule has 4 heterocycles. The minimum Gasteiger partial charge on any atom is -0.461 e. The van der Waals surface area contributed by atoms with Gasteiger partial charge in [-0.3, -0.25) is 9.36 Å². The third kappa shape index (κ3) is 5.11. The summed E-state index contributed by atoms with van der Waals surface area (Å²) in [4.78, 5) is 22.4. The van der Waals surface area contributed by atoms with Gasteiger partial charge in [-0.15, -0.1) is 0 Å². The van der Waals surface area contributed by atoms with E-state index in [1.165, 1.54) is 6.26 Å².